The largest absolute Gasteiger partial charge is 0.326 e. The summed E-state index contributed by atoms with van der Waals surface area (Å²) in [5.74, 6) is 0.00825. The molecule has 0 fully saturated rings. The van der Waals surface area contributed by atoms with E-state index in [1.54, 1.807) is 0 Å². The Bertz CT molecular complexity index is 616. The van der Waals surface area contributed by atoms with Gasteiger partial charge in [0.15, 0.2) is 0 Å². The molecule has 0 aliphatic rings. The molecule has 2 rings (SSSR count). The average Bonchev–Trinajstić information content (AvgIpc) is 2.80. The number of rotatable bonds is 4. The quantitative estimate of drug-likeness (QED) is 0.926. The van der Waals surface area contributed by atoms with E-state index in [1.807, 2.05) is 55.9 Å². The van der Waals surface area contributed by atoms with Crippen LogP contribution < -0.4 is 5.32 Å². The van der Waals surface area contributed by atoms with Gasteiger partial charge in [0.05, 0.1) is 11.7 Å². The Hall–Kier alpha value is -2.10. The molecule has 0 spiro atoms. The number of nitrogens with zero attached hydrogens (tertiary/aromatic N) is 2. The summed E-state index contributed by atoms with van der Waals surface area (Å²) in [4.78, 5) is 12.0. The van der Waals surface area contributed by atoms with Crippen LogP contribution in [0.15, 0.2) is 30.5 Å². The molecule has 4 nitrogen and oxygen atoms in total. The second-order valence-electron chi connectivity index (χ2n) is 5.34. The second kappa shape index (κ2) is 5.90. The van der Waals surface area contributed by atoms with Gasteiger partial charge < -0.3 is 5.32 Å². The summed E-state index contributed by atoms with van der Waals surface area (Å²) < 4.78 is 1.83. The Morgan fingerprint density at radius 2 is 2.00 bits per heavy atom. The lowest BCUT2D eigenvalue weighted by Gasteiger charge is -2.13. The number of aromatic nitrogens is 2. The van der Waals surface area contributed by atoms with Crippen molar-refractivity contribution in [3.63, 3.8) is 0 Å². The van der Waals surface area contributed by atoms with Crippen LogP contribution in [0, 0.1) is 20.8 Å². The molecule has 0 saturated heterocycles. The average molecular weight is 271 g/mol. The summed E-state index contributed by atoms with van der Waals surface area (Å²) in [5.41, 5.74) is 4.22. The van der Waals surface area contributed by atoms with E-state index in [-0.39, 0.29) is 11.9 Å². The predicted molar refractivity (Wildman–Crippen MR) is 80.8 cm³/mol. The number of carbonyl (C=O) groups is 1. The van der Waals surface area contributed by atoms with Crippen LogP contribution in [0.4, 0.5) is 5.69 Å². The Balaban J connectivity index is 1.96. The van der Waals surface area contributed by atoms with Crippen molar-refractivity contribution in [3.8, 4) is 0 Å². The van der Waals surface area contributed by atoms with Crippen LogP contribution in [0.25, 0.3) is 0 Å². The highest BCUT2D eigenvalue weighted by molar-refractivity contribution is 5.91. The first-order valence-electron chi connectivity index (χ1n) is 6.84. The number of aryl methyl sites for hydroxylation is 3. The lowest BCUT2D eigenvalue weighted by Crippen LogP contribution is -2.18. The summed E-state index contributed by atoms with van der Waals surface area (Å²) in [7, 11) is 0. The fraction of sp³-hybridized carbons (Fsp3) is 0.375. The van der Waals surface area contributed by atoms with Crippen molar-refractivity contribution < 1.29 is 4.79 Å². The highest BCUT2D eigenvalue weighted by Gasteiger charge is 2.12. The van der Waals surface area contributed by atoms with Gasteiger partial charge in [0, 0.05) is 18.3 Å². The van der Waals surface area contributed by atoms with Crippen molar-refractivity contribution in [2.75, 3.05) is 5.32 Å². The van der Waals surface area contributed by atoms with Gasteiger partial charge in [-0.3, -0.25) is 9.48 Å². The SMILES string of the molecule is Cc1ccn(C(C)CC(=O)Nc2ccc(C)c(C)c2)n1. The summed E-state index contributed by atoms with van der Waals surface area (Å²) in [6, 6.07) is 7.94. The third-order valence-corrected chi connectivity index (χ3v) is 3.46. The van der Waals surface area contributed by atoms with Crippen molar-refractivity contribution in [1.29, 1.82) is 0 Å². The molecule has 0 aliphatic heterocycles. The van der Waals surface area contributed by atoms with E-state index in [4.69, 9.17) is 0 Å². The maximum atomic E-state index is 12.0. The summed E-state index contributed by atoms with van der Waals surface area (Å²) in [6.07, 6.45) is 2.32. The number of nitrogens with one attached hydrogen (secondary N) is 1. The van der Waals surface area contributed by atoms with Crippen LogP contribution in [0.1, 0.15) is 36.2 Å². The van der Waals surface area contributed by atoms with E-state index in [2.05, 4.69) is 17.3 Å². The lowest BCUT2D eigenvalue weighted by molar-refractivity contribution is -0.116. The first-order chi connectivity index (χ1) is 9.45. The number of hydrogen-bond acceptors (Lipinski definition) is 2. The van der Waals surface area contributed by atoms with E-state index in [0.29, 0.717) is 6.42 Å². The van der Waals surface area contributed by atoms with Crippen LogP contribution in [-0.4, -0.2) is 15.7 Å². The molecular formula is C16H21N3O. The molecule has 1 unspecified atom stereocenters. The first kappa shape index (κ1) is 14.3. The Morgan fingerprint density at radius 3 is 2.60 bits per heavy atom. The van der Waals surface area contributed by atoms with Crippen molar-refractivity contribution >= 4 is 11.6 Å². The minimum absolute atomic E-state index is 0.00825. The summed E-state index contributed by atoms with van der Waals surface area (Å²) in [5, 5.41) is 7.27. The molecule has 1 aromatic heterocycles. The van der Waals surface area contributed by atoms with Crippen LogP contribution in [-0.2, 0) is 4.79 Å². The zero-order chi connectivity index (χ0) is 14.7. The van der Waals surface area contributed by atoms with E-state index in [9.17, 15) is 4.79 Å². The van der Waals surface area contributed by atoms with E-state index >= 15 is 0 Å². The number of hydrogen-bond donors (Lipinski definition) is 1. The topological polar surface area (TPSA) is 46.9 Å². The van der Waals surface area contributed by atoms with Gasteiger partial charge in [0.25, 0.3) is 0 Å². The number of carbonyl (C=O) groups excluding carboxylic acids is 1. The van der Waals surface area contributed by atoms with Gasteiger partial charge in [-0.2, -0.15) is 5.10 Å². The number of anilines is 1. The van der Waals surface area contributed by atoms with Gasteiger partial charge in [-0.25, -0.2) is 0 Å². The van der Waals surface area contributed by atoms with Gasteiger partial charge in [-0.1, -0.05) is 6.07 Å². The molecule has 1 aromatic carbocycles. The molecule has 1 amide bonds. The van der Waals surface area contributed by atoms with Gasteiger partial charge in [0.2, 0.25) is 5.91 Å². The maximum Gasteiger partial charge on any atom is 0.226 e. The van der Waals surface area contributed by atoms with E-state index in [1.165, 1.54) is 11.1 Å². The van der Waals surface area contributed by atoms with Gasteiger partial charge in [0.1, 0.15) is 0 Å². The van der Waals surface area contributed by atoms with E-state index < -0.39 is 0 Å². The van der Waals surface area contributed by atoms with Crippen molar-refractivity contribution in [1.82, 2.24) is 9.78 Å². The standard InChI is InChI=1S/C16H21N3O/c1-11-5-6-15(9-12(11)2)17-16(20)10-14(4)19-8-7-13(3)18-19/h5-9,14H,10H2,1-4H3,(H,17,20). The van der Waals surface area contributed by atoms with Crippen molar-refractivity contribution in [2.45, 2.75) is 40.2 Å². The maximum absolute atomic E-state index is 12.0. The predicted octanol–water partition coefficient (Wildman–Crippen LogP) is 3.40. The zero-order valence-electron chi connectivity index (χ0n) is 12.5. The Morgan fingerprint density at radius 1 is 1.25 bits per heavy atom. The Kier molecular flexibility index (Phi) is 4.23. The van der Waals surface area contributed by atoms with Crippen LogP contribution in [0.3, 0.4) is 0 Å². The second-order valence-corrected chi connectivity index (χ2v) is 5.34. The molecule has 0 saturated carbocycles. The molecule has 20 heavy (non-hydrogen) atoms. The molecule has 2 aromatic rings. The normalized spacial score (nSPS) is 12.2. The molecule has 1 heterocycles. The van der Waals surface area contributed by atoms with Gasteiger partial charge in [-0.05, 0) is 57.0 Å². The molecule has 1 N–H and O–H groups in total. The monoisotopic (exact) mass is 271 g/mol. The highest BCUT2D eigenvalue weighted by Crippen LogP contribution is 2.16. The van der Waals surface area contributed by atoms with Gasteiger partial charge >= 0.3 is 0 Å². The fourth-order valence-electron chi connectivity index (χ4n) is 2.07. The molecular weight excluding hydrogens is 250 g/mol. The third kappa shape index (κ3) is 3.47. The van der Waals surface area contributed by atoms with Crippen LogP contribution in [0.2, 0.25) is 0 Å². The molecule has 1 atom stereocenters. The van der Waals surface area contributed by atoms with Crippen LogP contribution in [0.5, 0.6) is 0 Å². The summed E-state index contributed by atoms with van der Waals surface area (Å²) in [6.45, 7) is 8.04. The molecule has 106 valence electrons. The number of benzene rings is 1. The van der Waals surface area contributed by atoms with Gasteiger partial charge in [-0.15, -0.1) is 0 Å². The smallest absolute Gasteiger partial charge is 0.226 e. The minimum Gasteiger partial charge on any atom is -0.326 e. The van der Waals surface area contributed by atoms with Crippen molar-refractivity contribution in [2.24, 2.45) is 0 Å². The molecule has 0 aliphatic carbocycles. The first-order valence-corrected chi connectivity index (χ1v) is 6.84. The third-order valence-electron chi connectivity index (χ3n) is 3.46. The highest BCUT2D eigenvalue weighted by atomic mass is 16.1. The minimum atomic E-state index is 0.00825. The van der Waals surface area contributed by atoms with Crippen molar-refractivity contribution in [3.05, 3.63) is 47.3 Å². The van der Waals surface area contributed by atoms with E-state index in [0.717, 1.165) is 11.4 Å². The molecule has 0 radical (unpaired) electrons. The lowest BCUT2D eigenvalue weighted by atomic mass is 10.1. The number of amides is 1. The summed E-state index contributed by atoms with van der Waals surface area (Å²) >= 11 is 0. The fourth-order valence-corrected chi connectivity index (χ4v) is 2.07. The van der Waals surface area contributed by atoms with Crippen LogP contribution >= 0.6 is 0 Å². The Labute approximate surface area is 119 Å². The molecule has 4 heteroatoms. The molecule has 0 bridgehead atoms. The zero-order valence-corrected chi connectivity index (χ0v) is 12.5.